The molecule has 1 heterocycles. The maximum absolute atomic E-state index is 6.11. The summed E-state index contributed by atoms with van der Waals surface area (Å²) in [5.74, 6) is 0. The number of rotatable bonds is 4. The van der Waals surface area contributed by atoms with Crippen LogP contribution in [0.15, 0.2) is 60.7 Å². The van der Waals surface area contributed by atoms with Gasteiger partial charge >= 0.3 is 0 Å². The number of aromatic nitrogens is 1. The third-order valence-electron chi connectivity index (χ3n) is 3.51. The number of halogens is 1. The first-order chi connectivity index (χ1) is 9.83. The Bertz CT molecular complexity index is 707. The summed E-state index contributed by atoms with van der Waals surface area (Å²) in [5, 5.41) is 2.96. The van der Waals surface area contributed by atoms with Crippen LogP contribution in [0, 0.1) is 0 Å². The maximum Gasteiger partial charge on any atom is 0.129 e. The fraction of sp³-hybridized carbons (Fsp3) is 0.167. The molecule has 0 unspecified atom stereocenters. The van der Waals surface area contributed by atoms with E-state index in [9.17, 15) is 0 Å². The Morgan fingerprint density at radius 1 is 0.850 bits per heavy atom. The minimum Gasteiger partial charge on any atom is -0.240 e. The average molecular weight is 282 g/mol. The number of benzene rings is 2. The Morgan fingerprint density at radius 3 is 2.45 bits per heavy atom. The molecule has 0 bridgehead atoms. The topological polar surface area (TPSA) is 12.9 Å². The van der Waals surface area contributed by atoms with Crippen molar-refractivity contribution in [3.63, 3.8) is 0 Å². The van der Waals surface area contributed by atoms with Crippen LogP contribution in [-0.2, 0) is 12.8 Å². The second-order valence-electron chi connectivity index (χ2n) is 4.95. The second kappa shape index (κ2) is 6.06. The molecule has 0 aliphatic rings. The van der Waals surface area contributed by atoms with Crippen molar-refractivity contribution in [1.29, 1.82) is 0 Å². The summed E-state index contributed by atoms with van der Waals surface area (Å²) in [6.07, 6.45) is 3.11. The van der Waals surface area contributed by atoms with Gasteiger partial charge in [0, 0.05) is 11.1 Å². The van der Waals surface area contributed by atoms with Crippen LogP contribution in [0.1, 0.15) is 17.7 Å². The molecule has 0 spiro atoms. The number of hydrogen-bond donors (Lipinski definition) is 0. The van der Waals surface area contributed by atoms with Gasteiger partial charge in [0.15, 0.2) is 0 Å². The van der Waals surface area contributed by atoms with Gasteiger partial charge < -0.3 is 0 Å². The van der Waals surface area contributed by atoms with Crippen LogP contribution in [0.3, 0.4) is 0 Å². The Kier molecular flexibility index (Phi) is 3.98. The van der Waals surface area contributed by atoms with Gasteiger partial charge in [-0.25, -0.2) is 4.98 Å². The highest BCUT2D eigenvalue weighted by atomic mass is 35.5. The number of hydrogen-bond acceptors (Lipinski definition) is 1. The van der Waals surface area contributed by atoms with Crippen molar-refractivity contribution < 1.29 is 0 Å². The van der Waals surface area contributed by atoms with Crippen LogP contribution in [0.4, 0.5) is 0 Å². The van der Waals surface area contributed by atoms with E-state index in [0.717, 1.165) is 25.0 Å². The highest BCUT2D eigenvalue weighted by molar-refractivity contribution is 6.30. The van der Waals surface area contributed by atoms with E-state index in [0.29, 0.717) is 5.15 Å². The summed E-state index contributed by atoms with van der Waals surface area (Å²) in [4.78, 5) is 4.50. The van der Waals surface area contributed by atoms with Crippen LogP contribution in [0.2, 0.25) is 5.15 Å². The van der Waals surface area contributed by atoms with Crippen molar-refractivity contribution in [2.75, 3.05) is 0 Å². The molecule has 0 radical (unpaired) electrons. The molecule has 0 atom stereocenters. The van der Waals surface area contributed by atoms with E-state index < -0.39 is 0 Å². The largest absolute Gasteiger partial charge is 0.240 e. The van der Waals surface area contributed by atoms with Crippen LogP contribution >= 0.6 is 11.6 Å². The van der Waals surface area contributed by atoms with Gasteiger partial charge in [-0.2, -0.15) is 0 Å². The minimum atomic E-state index is 0.582. The van der Waals surface area contributed by atoms with E-state index in [1.807, 2.05) is 12.1 Å². The maximum atomic E-state index is 6.11. The minimum absolute atomic E-state index is 0.582. The molecular formula is C18H16ClN. The monoisotopic (exact) mass is 281 g/mol. The summed E-state index contributed by atoms with van der Waals surface area (Å²) in [7, 11) is 0. The molecular weight excluding hydrogens is 266 g/mol. The first kappa shape index (κ1) is 13.1. The Balaban J connectivity index is 1.77. The van der Waals surface area contributed by atoms with Gasteiger partial charge in [-0.05, 0) is 36.3 Å². The molecule has 0 aliphatic carbocycles. The highest BCUT2D eigenvalue weighted by Crippen LogP contribution is 2.22. The first-order valence-corrected chi connectivity index (χ1v) is 7.29. The summed E-state index contributed by atoms with van der Waals surface area (Å²) in [5.41, 5.74) is 2.47. The van der Waals surface area contributed by atoms with E-state index in [2.05, 4.69) is 53.5 Å². The molecule has 1 nitrogen and oxygen atoms in total. The van der Waals surface area contributed by atoms with Crippen molar-refractivity contribution in [2.24, 2.45) is 0 Å². The smallest absolute Gasteiger partial charge is 0.129 e. The predicted molar refractivity (Wildman–Crippen MR) is 85.2 cm³/mol. The van der Waals surface area contributed by atoms with Crippen LogP contribution in [-0.4, -0.2) is 4.98 Å². The van der Waals surface area contributed by atoms with Crippen molar-refractivity contribution in [3.8, 4) is 0 Å². The van der Waals surface area contributed by atoms with Gasteiger partial charge in [-0.1, -0.05) is 66.2 Å². The van der Waals surface area contributed by atoms with Gasteiger partial charge in [0.25, 0.3) is 0 Å². The van der Waals surface area contributed by atoms with Crippen molar-refractivity contribution in [2.45, 2.75) is 19.3 Å². The SMILES string of the molecule is Clc1cc2ccccc2c(CCCc2ccccc2)n1. The molecule has 0 saturated carbocycles. The quantitative estimate of drug-likeness (QED) is 0.609. The van der Waals surface area contributed by atoms with Gasteiger partial charge in [-0.3, -0.25) is 0 Å². The van der Waals surface area contributed by atoms with Crippen LogP contribution in [0.25, 0.3) is 10.8 Å². The number of pyridine rings is 1. The predicted octanol–water partition coefficient (Wildman–Crippen LogP) is 5.06. The molecule has 0 saturated heterocycles. The normalized spacial score (nSPS) is 10.8. The molecule has 1 aromatic heterocycles. The molecule has 3 aromatic rings. The summed E-state index contributed by atoms with van der Waals surface area (Å²) in [6.45, 7) is 0. The van der Waals surface area contributed by atoms with Gasteiger partial charge in [0.2, 0.25) is 0 Å². The summed E-state index contributed by atoms with van der Waals surface area (Å²) >= 11 is 6.11. The van der Waals surface area contributed by atoms with Gasteiger partial charge in [0.1, 0.15) is 5.15 Å². The van der Waals surface area contributed by atoms with Crippen LogP contribution < -0.4 is 0 Å². The molecule has 3 rings (SSSR count). The zero-order valence-corrected chi connectivity index (χ0v) is 12.0. The Labute approximate surface area is 124 Å². The standard InChI is InChI=1S/C18H16ClN/c19-18-13-15-10-4-5-11-16(15)17(20-18)12-6-9-14-7-2-1-3-8-14/h1-5,7-8,10-11,13H,6,9,12H2. The fourth-order valence-corrected chi connectivity index (χ4v) is 2.75. The third kappa shape index (κ3) is 3.00. The molecule has 2 heteroatoms. The Morgan fingerprint density at radius 2 is 1.60 bits per heavy atom. The number of aryl methyl sites for hydroxylation is 2. The molecule has 100 valence electrons. The van der Waals surface area contributed by atoms with Gasteiger partial charge in [-0.15, -0.1) is 0 Å². The van der Waals surface area contributed by atoms with Crippen molar-refractivity contribution in [3.05, 3.63) is 77.1 Å². The molecule has 0 fully saturated rings. The van der Waals surface area contributed by atoms with E-state index in [-0.39, 0.29) is 0 Å². The highest BCUT2D eigenvalue weighted by Gasteiger charge is 2.05. The summed E-state index contributed by atoms with van der Waals surface area (Å²) < 4.78 is 0. The zero-order valence-electron chi connectivity index (χ0n) is 11.2. The Hall–Kier alpha value is -1.86. The zero-order chi connectivity index (χ0) is 13.8. The lowest BCUT2D eigenvalue weighted by Gasteiger charge is -2.07. The third-order valence-corrected chi connectivity index (χ3v) is 3.70. The summed E-state index contributed by atoms with van der Waals surface area (Å²) in [6, 6.07) is 20.8. The number of fused-ring (bicyclic) bond motifs is 1. The second-order valence-corrected chi connectivity index (χ2v) is 5.34. The van der Waals surface area contributed by atoms with E-state index in [1.165, 1.54) is 16.3 Å². The van der Waals surface area contributed by atoms with Crippen LogP contribution in [0.5, 0.6) is 0 Å². The lowest BCUT2D eigenvalue weighted by Crippen LogP contribution is -1.95. The molecule has 0 amide bonds. The lowest BCUT2D eigenvalue weighted by molar-refractivity contribution is 0.805. The first-order valence-electron chi connectivity index (χ1n) is 6.91. The number of nitrogens with zero attached hydrogens (tertiary/aromatic N) is 1. The lowest BCUT2D eigenvalue weighted by atomic mass is 10.0. The van der Waals surface area contributed by atoms with E-state index in [1.54, 1.807) is 0 Å². The molecule has 0 N–H and O–H groups in total. The molecule has 2 aromatic carbocycles. The van der Waals surface area contributed by atoms with Gasteiger partial charge in [0.05, 0.1) is 0 Å². The van der Waals surface area contributed by atoms with E-state index >= 15 is 0 Å². The van der Waals surface area contributed by atoms with Crippen molar-refractivity contribution >= 4 is 22.4 Å². The molecule has 20 heavy (non-hydrogen) atoms. The van der Waals surface area contributed by atoms with Crippen molar-refractivity contribution in [1.82, 2.24) is 4.98 Å². The fourth-order valence-electron chi connectivity index (χ4n) is 2.53. The average Bonchev–Trinajstić information content (AvgIpc) is 2.48. The van der Waals surface area contributed by atoms with E-state index in [4.69, 9.17) is 11.6 Å². The molecule has 0 aliphatic heterocycles.